The van der Waals surface area contributed by atoms with Crippen LogP contribution in [0.3, 0.4) is 0 Å². The highest BCUT2D eigenvalue weighted by Crippen LogP contribution is 1.93. The Balaban J connectivity index is 3.10. The second-order valence-corrected chi connectivity index (χ2v) is 4.17. The quantitative estimate of drug-likeness (QED) is 0.540. The zero-order valence-corrected chi connectivity index (χ0v) is 10.5. The molecule has 0 aliphatic heterocycles. The van der Waals surface area contributed by atoms with Gasteiger partial charge in [0.1, 0.15) is 0 Å². The Bertz CT molecular complexity index is 156. The predicted octanol–water partition coefficient (Wildman–Crippen LogP) is 0.482. The smallest absolute Gasteiger partial charge is 0.221 e. The van der Waals surface area contributed by atoms with E-state index in [0.29, 0.717) is 19.6 Å². The second-order valence-electron chi connectivity index (χ2n) is 3.19. The van der Waals surface area contributed by atoms with Gasteiger partial charge in [0.25, 0.3) is 0 Å². The number of ether oxygens (including phenoxy) is 1. The summed E-state index contributed by atoms with van der Waals surface area (Å²) in [6, 6.07) is 0. The molecule has 0 saturated carbocycles. The third-order valence-corrected chi connectivity index (χ3v) is 2.56. The van der Waals surface area contributed by atoms with Gasteiger partial charge < -0.3 is 15.4 Å². The first kappa shape index (κ1) is 14.7. The van der Waals surface area contributed by atoms with E-state index in [1.807, 2.05) is 11.8 Å². The molecule has 0 saturated heterocycles. The molecule has 0 aliphatic carbocycles. The molecule has 0 unspecified atom stereocenters. The Morgan fingerprint density at radius 2 is 2.13 bits per heavy atom. The van der Waals surface area contributed by atoms with Gasteiger partial charge in [-0.3, -0.25) is 4.79 Å². The third-order valence-electron chi connectivity index (χ3n) is 1.86. The summed E-state index contributed by atoms with van der Waals surface area (Å²) in [7, 11) is 1.62. The Hall–Kier alpha value is -0.260. The van der Waals surface area contributed by atoms with Gasteiger partial charge in [0.2, 0.25) is 5.91 Å². The van der Waals surface area contributed by atoms with E-state index < -0.39 is 0 Å². The zero-order chi connectivity index (χ0) is 11.4. The van der Waals surface area contributed by atoms with Crippen molar-refractivity contribution < 1.29 is 9.53 Å². The van der Waals surface area contributed by atoms with Crippen molar-refractivity contribution in [2.45, 2.75) is 12.8 Å². The number of hydrogen-bond donors (Lipinski definition) is 2. The lowest BCUT2D eigenvalue weighted by Crippen LogP contribution is -2.30. The van der Waals surface area contributed by atoms with Gasteiger partial charge in [-0.05, 0) is 25.0 Å². The Labute approximate surface area is 96.5 Å². The SMILES string of the molecule is COCCNC(=O)CCNCCCSC. The fraction of sp³-hybridized carbons (Fsp3) is 0.900. The van der Waals surface area contributed by atoms with Crippen LogP contribution < -0.4 is 10.6 Å². The van der Waals surface area contributed by atoms with Crippen molar-refractivity contribution in [3.8, 4) is 0 Å². The van der Waals surface area contributed by atoms with Crippen LogP contribution in [-0.4, -0.2) is 51.3 Å². The second kappa shape index (κ2) is 11.8. The van der Waals surface area contributed by atoms with Crippen molar-refractivity contribution in [1.29, 1.82) is 0 Å². The van der Waals surface area contributed by atoms with Crippen molar-refractivity contribution in [1.82, 2.24) is 10.6 Å². The van der Waals surface area contributed by atoms with E-state index in [0.717, 1.165) is 19.5 Å². The first-order chi connectivity index (χ1) is 7.31. The summed E-state index contributed by atoms with van der Waals surface area (Å²) in [4.78, 5) is 11.2. The number of amides is 1. The van der Waals surface area contributed by atoms with Gasteiger partial charge in [-0.2, -0.15) is 11.8 Å². The number of carbonyl (C=O) groups is 1. The molecule has 0 atom stereocenters. The minimum atomic E-state index is 0.0874. The standard InChI is InChI=1S/C10H22N2O2S/c1-14-8-7-12-10(13)4-6-11-5-3-9-15-2/h11H,3-9H2,1-2H3,(H,12,13). The molecule has 0 bridgehead atoms. The van der Waals surface area contributed by atoms with Crippen LogP contribution in [0.4, 0.5) is 0 Å². The molecule has 0 spiro atoms. The molecule has 5 heteroatoms. The molecule has 2 N–H and O–H groups in total. The summed E-state index contributed by atoms with van der Waals surface area (Å²) >= 11 is 1.85. The van der Waals surface area contributed by atoms with Gasteiger partial charge in [0.05, 0.1) is 6.61 Å². The van der Waals surface area contributed by atoms with Crippen LogP contribution >= 0.6 is 11.8 Å². The molecule has 0 aliphatic rings. The topological polar surface area (TPSA) is 50.4 Å². The van der Waals surface area contributed by atoms with Gasteiger partial charge in [0, 0.05) is 26.6 Å². The summed E-state index contributed by atoms with van der Waals surface area (Å²) < 4.78 is 4.83. The number of rotatable bonds is 10. The fourth-order valence-corrected chi connectivity index (χ4v) is 1.48. The van der Waals surface area contributed by atoms with Gasteiger partial charge in [0.15, 0.2) is 0 Å². The maximum Gasteiger partial charge on any atom is 0.221 e. The van der Waals surface area contributed by atoms with E-state index >= 15 is 0 Å². The molecule has 90 valence electrons. The lowest BCUT2D eigenvalue weighted by molar-refractivity contribution is -0.121. The van der Waals surface area contributed by atoms with E-state index in [1.54, 1.807) is 7.11 Å². The molecular weight excluding hydrogens is 212 g/mol. The molecule has 0 rings (SSSR count). The van der Waals surface area contributed by atoms with Gasteiger partial charge in [-0.25, -0.2) is 0 Å². The minimum absolute atomic E-state index is 0.0874. The van der Waals surface area contributed by atoms with E-state index in [4.69, 9.17) is 4.74 Å². The first-order valence-electron chi connectivity index (χ1n) is 5.26. The van der Waals surface area contributed by atoms with Crippen molar-refractivity contribution >= 4 is 17.7 Å². The highest BCUT2D eigenvalue weighted by molar-refractivity contribution is 7.98. The van der Waals surface area contributed by atoms with E-state index in [1.165, 1.54) is 5.75 Å². The largest absolute Gasteiger partial charge is 0.383 e. The first-order valence-corrected chi connectivity index (χ1v) is 6.66. The molecule has 0 heterocycles. The van der Waals surface area contributed by atoms with Crippen LogP contribution in [-0.2, 0) is 9.53 Å². The summed E-state index contributed by atoms with van der Waals surface area (Å²) in [6.07, 6.45) is 3.80. The molecule has 0 aromatic carbocycles. The highest BCUT2D eigenvalue weighted by atomic mass is 32.2. The van der Waals surface area contributed by atoms with Crippen LogP contribution in [0.2, 0.25) is 0 Å². The maximum atomic E-state index is 11.2. The number of thioether (sulfide) groups is 1. The van der Waals surface area contributed by atoms with Crippen LogP contribution in [0, 0.1) is 0 Å². The molecule has 0 radical (unpaired) electrons. The van der Waals surface area contributed by atoms with Crippen LogP contribution in [0.25, 0.3) is 0 Å². The molecule has 1 amide bonds. The lowest BCUT2D eigenvalue weighted by Gasteiger charge is -2.05. The van der Waals surface area contributed by atoms with Crippen LogP contribution in [0.1, 0.15) is 12.8 Å². The van der Waals surface area contributed by atoms with E-state index in [-0.39, 0.29) is 5.91 Å². The van der Waals surface area contributed by atoms with Gasteiger partial charge in [-0.1, -0.05) is 0 Å². The van der Waals surface area contributed by atoms with E-state index in [9.17, 15) is 4.79 Å². The van der Waals surface area contributed by atoms with Gasteiger partial charge in [-0.15, -0.1) is 0 Å². The average molecular weight is 234 g/mol. The summed E-state index contributed by atoms with van der Waals surface area (Å²) in [5.41, 5.74) is 0. The predicted molar refractivity (Wildman–Crippen MR) is 65.4 cm³/mol. The van der Waals surface area contributed by atoms with Gasteiger partial charge >= 0.3 is 0 Å². The Morgan fingerprint density at radius 1 is 1.33 bits per heavy atom. The van der Waals surface area contributed by atoms with E-state index in [2.05, 4.69) is 16.9 Å². The molecule has 0 fully saturated rings. The number of hydrogen-bond acceptors (Lipinski definition) is 4. The number of carbonyl (C=O) groups excluding carboxylic acids is 1. The normalized spacial score (nSPS) is 10.3. The van der Waals surface area contributed by atoms with Crippen molar-refractivity contribution in [3.63, 3.8) is 0 Å². The third kappa shape index (κ3) is 11.7. The molecule has 4 nitrogen and oxygen atoms in total. The monoisotopic (exact) mass is 234 g/mol. The number of nitrogens with one attached hydrogen (secondary N) is 2. The summed E-state index contributed by atoms with van der Waals surface area (Å²) in [6.45, 7) is 2.92. The molecule has 0 aromatic heterocycles. The number of methoxy groups -OCH3 is 1. The Kier molecular flexibility index (Phi) is 11.6. The summed E-state index contributed by atoms with van der Waals surface area (Å²) in [5, 5.41) is 6.01. The fourth-order valence-electron chi connectivity index (χ4n) is 1.05. The Morgan fingerprint density at radius 3 is 2.80 bits per heavy atom. The zero-order valence-electron chi connectivity index (χ0n) is 9.67. The molecular formula is C10H22N2O2S. The van der Waals surface area contributed by atoms with Crippen molar-refractivity contribution in [2.24, 2.45) is 0 Å². The highest BCUT2D eigenvalue weighted by Gasteiger charge is 1.98. The summed E-state index contributed by atoms with van der Waals surface area (Å²) in [5.74, 6) is 1.26. The minimum Gasteiger partial charge on any atom is -0.383 e. The average Bonchev–Trinajstić information content (AvgIpc) is 2.23. The lowest BCUT2D eigenvalue weighted by atomic mass is 10.4. The van der Waals surface area contributed by atoms with Crippen LogP contribution in [0.5, 0.6) is 0 Å². The molecule has 15 heavy (non-hydrogen) atoms. The van der Waals surface area contributed by atoms with Crippen LogP contribution in [0.15, 0.2) is 0 Å². The van der Waals surface area contributed by atoms with Crippen molar-refractivity contribution in [2.75, 3.05) is 45.4 Å². The van der Waals surface area contributed by atoms with Crippen molar-refractivity contribution in [3.05, 3.63) is 0 Å². The molecule has 0 aromatic rings. The maximum absolute atomic E-state index is 11.2.